The van der Waals surface area contributed by atoms with E-state index in [9.17, 15) is 14.7 Å². The lowest BCUT2D eigenvalue weighted by Gasteiger charge is -2.52. The molecule has 6 nitrogen and oxygen atoms in total. The molecule has 0 aromatic heterocycles. The second-order valence-electron chi connectivity index (χ2n) is 7.43. The number of aryl methyl sites for hydroxylation is 1. The molecule has 2 aliphatic rings. The SMILES string of the molecule is Cc1cccc(CN2CC[C@@H]3N(CC(=O)O)CCC[C@@]3(C(=O)O)C2)c1. The van der Waals surface area contributed by atoms with E-state index in [2.05, 4.69) is 30.0 Å². The van der Waals surface area contributed by atoms with Gasteiger partial charge in [0.1, 0.15) is 0 Å². The van der Waals surface area contributed by atoms with Crippen molar-refractivity contribution in [3.8, 4) is 0 Å². The molecule has 1 aromatic rings. The van der Waals surface area contributed by atoms with Crippen LogP contribution in [0.2, 0.25) is 0 Å². The van der Waals surface area contributed by atoms with Crippen molar-refractivity contribution in [1.29, 1.82) is 0 Å². The number of carboxylic acid groups (broad SMARTS) is 2. The van der Waals surface area contributed by atoms with Crippen LogP contribution >= 0.6 is 0 Å². The highest BCUT2D eigenvalue weighted by Gasteiger charge is 2.53. The zero-order chi connectivity index (χ0) is 18.0. The summed E-state index contributed by atoms with van der Waals surface area (Å²) >= 11 is 0. The molecule has 136 valence electrons. The minimum Gasteiger partial charge on any atom is -0.481 e. The van der Waals surface area contributed by atoms with E-state index in [4.69, 9.17) is 5.11 Å². The molecule has 2 atom stereocenters. The smallest absolute Gasteiger partial charge is 0.317 e. The van der Waals surface area contributed by atoms with Gasteiger partial charge in [0, 0.05) is 25.7 Å². The van der Waals surface area contributed by atoms with E-state index in [0.717, 1.165) is 19.5 Å². The fourth-order valence-electron chi connectivity index (χ4n) is 4.58. The number of benzene rings is 1. The van der Waals surface area contributed by atoms with Crippen molar-refractivity contribution in [2.24, 2.45) is 5.41 Å². The van der Waals surface area contributed by atoms with Gasteiger partial charge < -0.3 is 10.2 Å². The van der Waals surface area contributed by atoms with Gasteiger partial charge in [0.25, 0.3) is 0 Å². The van der Waals surface area contributed by atoms with Crippen LogP contribution in [0, 0.1) is 12.3 Å². The average Bonchev–Trinajstić information content (AvgIpc) is 2.54. The Kier molecular flexibility index (Phi) is 5.11. The third-order valence-electron chi connectivity index (χ3n) is 5.62. The number of hydrogen-bond acceptors (Lipinski definition) is 4. The fourth-order valence-corrected chi connectivity index (χ4v) is 4.58. The van der Waals surface area contributed by atoms with Crippen LogP contribution in [0.5, 0.6) is 0 Å². The van der Waals surface area contributed by atoms with Crippen molar-refractivity contribution in [2.45, 2.75) is 38.8 Å². The number of fused-ring (bicyclic) bond motifs is 1. The summed E-state index contributed by atoms with van der Waals surface area (Å²) in [4.78, 5) is 27.4. The molecule has 2 aliphatic heterocycles. The van der Waals surface area contributed by atoms with Gasteiger partial charge in [-0.1, -0.05) is 29.8 Å². The van der Waals surface area contributed by atoms with Crippen LogP contribution in [0.15, 0.2) is 24.3 Å². The lowest BCUT2D eigenvalue weighted by atomic mass is 9.69. The maximum Gasteiger partial charge on any atom is 0.317 e. The van der Waals surface area contributed by atoms with Gasteiger partial charge >= 0.3 is 11.9 Å². The largest absolute Gasteiger partial charge is 0.481 e. The van der Waals surface area contributed by atoms with Crippen LogP contribution in [-0.4, -0.2) is 64.2 Å². The molecule has 6 heteroatoms. The minimum atomic E-state index is -0.886. The molecule has 0 radical (unpaired) electrons. The van der Waals surface area contributed by atoms with Gasteiger partial charge in [-0.05, 0) is 38.3 Å². The van der Waals surface area contributed by atoms with E-state index in [1.54, 1.807) is 0 Å². The number of rotatable bonds is 5. The number of likely N-dealkylation sites (tertiary alicyclic amines) is 2. The van der Waals surface area contributed by atoms with Gasteiger partial charge in [-0.3, -0.25) is 19.4 Å². The summed E-state index contributed by atoms with van der Waals surface area (Å²) in [6.45, 7) is 4.67. The van der Waals surface area contributed by atoms with E-state index < -0.39 is 17.4 Å². The van der Waals surface area contributed by atoms with Crippen LogP contribution in [-0.2, 0) is 16.1 Å². The first-order chi connectivity index (χ1) is 11.9. The van der Waals surface area contributed by atoms with Gasteiger partial charge in [0.15, 0.2) is 0 Å². The number of nitrogens with zero attached hydrogens (tertiary/aromatic N) is 2. The van der Waals surface area contributed by atoms with E-state index in [1.807, 2.05) is 11.0 Å². The van der Waals surface area contributed by atoms with E-state index in [0.29, 0.717) is 25.9 Å². The average molecular weight is 346 g/mol. The Balaban J connectivity index is 1.79. The van der Waals surface area contributed by atoms with Gasteiger partial charge in [-0.25, -0.2) is 0 Å². The summed E-state index contributed by atoms with van der Waals surface area (Å²) in [5.41, 5.74) is 1.53. The van der Waals surface area contributed by atoms with E-state index >= 15 is 0 Å². The van der Waals surface area contributed by atoms with Gasteiger partial charge in [0.05, 0.1) is 12.0 Å². The first-order valence-corrected chi connectivity index (χ1v) is 8.88. The van der Waals surface area contributed by atoms with Crippen molar-refractivity contribution in [2.75, 3.05) is 26.2 Å². The van der Waals surface area contributed by atoms with Crippen molar-refractivity contribution in [1.82, 2.24) is 9.80 Å². The Bertz CT molecular complexity index is 663. The fraction of sp³-hybridized carbons (Fsp3) is 0.579. The highest BCUT2D eigenvalue weighted by molar-refractivity contribution is 5.77. The Hall–Kier alpha value is -1.92. The molecule has 0 aliphatic carbocycles. The first kappa shape index (κ1) is 17.9. The third kappa shape index (κ3) is 3.70. The molecule has 25 heavy (non-hydrogen) atoms. The molecular weight excluding hydrogens is 320 g/mol. The summed E-state index contributed by atoms with van der Waals surface area (Å²) in [7, 11) is 0. The Labute approximate surface area is 148 Å². The maximum atomic E-state index is 12.2. The molecule has 3 rings (SSSR count). The van der Waals surface area contributed by atoms with E-state index in [1.165, 1.54) is 11.1 Å². The normalized spacial score (nSPS) is 27.6. The van der Waals surface area contributed by atoms with Crippen LogP contribution in [0.25, 0.3) is 0 Å². The molecule has 1 aromatic carbocycles. The molecule has 2 fully saturated rings. The Morgan fingerprint density at radius 2 is 2.08 bits per heavy atom. The monoisotopic (exact) mass is 346 g/mol. The second-order valence-corrected chi connectivity index (χ2v) is 7.43. The lowest BCUT2D eigenvalue weighted by Crippen LogP contribution is -2.64. The van der Waals surface area contributed by atoms with Crippen LogP contribution in [0.4, 0.5) is 0 Å². The standard InChI is InChI=1S/C19H26N2O4/c1-14-4-2-5-15(10-14)11-20-9-6-16-19(13-20,18(24)25)7-3-8-21(16)12-17(22)23/h2,4-5,10,16H,3,6-9,11-13H2,1H3,(H,22,23)(H,24,25)/t16-,19+/m0/s1. The number of aliphatic carboxylic acids is 2. The molecule has 0 spiro atoms. The molecule has 0 bridgehead atoms. The van der Waals surface area contributed by atoms with Gasteiger partial charge in [-0.2, -0.15) is 0 Å². The maximum absolute atomic E-state index is 12.2. The predicted molar refractivity (Wildman–Crippen MR) is 93.4 cm³/mol. The third-order valence-corrected chi connectivity index (χ3v) is 5.62. The second kappa shape index (κ2) is 7.14. The Morgan fingerprint density at radius 3 is 2.76 bits per heavy atom. The highest BCUT2D eigenvalue weighted by Crippen LogP contribution is 2.42. The first-order valence-electron chi connectivity index (χ1n) is 8.88. The lowest BCUT2D eigenvalue weighted by molar-refractivity contribution is -0.166. The van der Waals surface area contributed by atoms with Crippen LogP contribution in [0.3, 0.4) is 0 Å². The topological polar surface area (TPSA) is 81.1 Å². The summed E-state index contributed by atoms with van der Waals surface area (Å²) in [5.74, 6) is -1.68. The minimum absolute atomic E-state index is 0.0718. The van der Waals surface area contributed by atoms with Crippen molar-refractivity contribution < 1.29 is 19.8 Å². The quantitative estimate of drug-likeness (QED) is 0.846. The number of piperidine rings is 2. The molecular formula is C19H26N2O4. The van der Waals surface area contributed by atoms with Crippen LogP contribution in [0.1, 0.15) is 30.4 Å². The van der Waals surface area contributed by atoms with Crippen molar-refractivity contribution >= 4 is 11.9 Å². The predicted octanol–water partition coefficient (Wildman–Crippen LogP) is 1.82. The van der Waals surface area contributed by atoms with Crippen molar-refractivity contribution in [3.63, 3.8) is 0 Å². The summed E-state index contributed by atoms with van der Waals surface area (Å²) in [5, 5.41) is 19.2. The van der Waals surface area contributed by atoms with E-state index in [-0.39, 0.29) is 12.6 Å². The number of hydrogen-bond donors (Lipinski definition) is 2. The summed E-state index contributed by atoms with van der Waals surface area (Å²) < 4.78 is 0. The summed E-state index contributed by atoms with van der Waals surface area (Å²) in [6, 6.07) is 8.10. The number of carboxylic acids is 2. The molecule has 2 N–H and O–H groups in total. The number of carbonyl (C=O) groups is 2. The molecule has 0 saturated carbocycles. The van der Waals surface area contributed by atoms with Crippen LogP contribution < -0.4 is 0 Å². The molecule has 2 saturated heterocycles. The molecule has 2 heterocycles. The van der Waals surface area contributed by atoms with Crippen molar-refractivity contribution in [3.05, 3.63) is 35.4 Å². The highest BCUT2D eigenvalue weighted by atomic mass is 16.4. The zero-order valence-corrected chi connectivity index (χ0v) is 14.6. The molecule has 0 amide bonds. The van der Waals surface area contributed by atoms with Gasteiger partial charge in [0.2, 0.25) is 0 Å². The summed E-state index contributed by atoms with van der Waals surface area (Å²) in [6.07, 6.45) is 2.05. The Morgan fingerprint density at radius 1 is 1.28 bits per heavy atom. The van der Waals surface area contributed by atoms with Gasteiger partial charge in [-0.15, -0.1) is 0 Å². The zero-order valence-electron chi connectivity index (χ0n) is 14.6. The molecule has 0 unspecified atom stereocenters.